The van der Waals surface area contributed by atoms with Gasteiger partial charge in [0.05, 0.1) is 0 Å². The van der Waals surface area contributed by atoms with Crippen molar-refractivity contribution in [3.05, 3.63) is 71.0 Å². The zero-order valence-electron chi connectivity index (χ0n) is 10.2. The van der Waals surface area contributed by atoms with Gasteiger partial charge in [0.1, 0.15) is 0 Å². The molecule has 4 heteroatoms. The summed E-state index contributed by atoms with van der Waals surface area (Å²) < 4.78 is 0. The normalized spacial score (nSPS) is 10.6. The largest absolute Gasteiger partial charge is 0.348 e. The number of amides is 1. The molecule has 0 spiro atoms. The fourth-order valence-corrected chi connectivity index (χ4v) is 1.75. The quantitative estimate of drug-likeness (QED) is 0.869. The third-order valence-corrected chi connectivity index (χ3v) is 2.70. The summed E-state index contributed by atoms with van der Waals surface area (Å²) in [6, 6.07) is 11.1. The van der Waals surface area contributed by atoms with Crippen LogP contribution in [0.5, 0.6) is 0 Å². The summed E-state index contributed by atoms with van der Waals surface area (Å²) in [5.41, 5.74) is 1.86. The van der Waals surface area contributed by atoms with Crippen LogP contribution >= 0.6 is 11.6 Å². The molecule has 0 fully saturated rings. The minimum Gasteiger partial charge on any atom is -0.348 e. The summed E-state index contributed by atoms with van der Waals surface area (Å²) >= 11 is 5.87. The number of halogens is 1. The summed E-state index contributed by atoms with van der Waals surface area (Å²) in [5, 5.41) is 3.46. The molecule has 3 nitrogen and oxygen atoms in total. The molecule has 0 saturated heterocycles. The first-order valence-corrected chi connectivity index (χ1v) is 6.22. The number of carbonyl (C=O) groups excluding carboxylic acids is 1. The number of pyridine rings is 1. The maximum Gasteiger partial charge on any atom is 0.244 e. The Labute approximate surface area is 116 Å². The minimum atomic E-state index is -0.149. The zero-order valence-corrected chi connectivity index (χ0v) is 11.0. The fourth-order valence-electron chi connectivity index (χ4n) is 1.54. The molecule has 0 saturated carbocycles. The lowest BCUT2D eigenvalue weighted by atomic mass is 10.2. The molecule has 1 aromatic heterocycles. The first-order valence-electron chi connectivity index (χ1n) is 5.84. The van der Waals surface area contributed by atoms with Crippen LogP contribution in [0.4, 0.5) is 0 Å². The SMILES string of the molecule is O=C(C=Cc1cccnc1)NCc1cccc(Cl)c1. The molecule has 1 aromatic carbocycles. The second kappa shape index (κ2) is 6.71. The van der Waals surface area contributed by atoms with Crippen molar-refractivity contribution in [2.75, 3.05) is 0 Å². The molecular weight excluding hydrogens is 260 g/mol. The second-order valence-corrected chi connectivity index (χ2v) is 4.40. The van der Waals surface area contributed by atoms with Gasteiger partial charge in [-0.05, 0) is 35.4 Å². The van der Waals surface area contributed by atoms with E-state index in [9.17, 15) is 4.79 Å². The van der Waals surface area contributed by atoms with E-state index in [4.69, 9.17) is 11.6 Å². The molecule has 1 heterocycles. The fraction of sp³-hybridized carbons (Fsp3) is 0.0667. The van der Waals surface area contributed by atoms with Gasteiger partial charge in [-0.15, -0.1) is 0 Å². The Morgan fingerprint density at radius 3 is 2.95 bits per heavy atom. The highest BCUT2D eigenvalue weighted by atomic mass is 35.5. The average Bonchev–Trinajstić information content (AvgIpc) is 2.44. The summed E-state index contributed by atoms with van der Waals surface area (Å²) in [5.74, 6) is -0.149. The number of rotatable bonds is 4. The summed E-state index contributed by atoms with van der Waals surface area (Å²) in [6.45, 7) is 0.455. The van der Waals surface area contributed by atoms with Gasteiger partial charge < -0.3 is 5.32 Å². The van der Waals surface area contributed by atoms with Gasteiger partial charge in [0.2, 0.25) is 5.91 Å². The van der Waals surface area contributed by atoms with E-state index in [-0.39, 0.29) is 5.91 Å². The lowest BCUT2D eigenvalue weighted by Gasteiger charge is -2.02. The molecule has 2 rings (SSSR count). The van der Waals surface area contributed by atoms with E-state index in [1.807, 2.05) is 30.3 Å². The number of carbonyl (C=O) groups is 1. The first-order chi connectivity index (χ1) is 9.24. The lowest BCUT2D eigenvalue weighted by Crippen LogP contribution is -2.20. The Balaban J connectivity index is 1.87. The molecule has 0 bridgehead atoms. The Bertz CT molecular complexity index is 582. The smallest absolute Gasteiger partial charge is 0.244 e. The van der Waals surface area contributed by atoms with Crippen LogP contribution in [-0.4, -0.2) is 10.9 Å². The molecule has 1 N–H and O–H groups in total. The summed E-state index contributed by atoms with van der Waals surface area (Å²) in [7, 11) is 0. The number of nitrogens with one attached hydrogen (secondary N) is 1. The van der Waals surface area contributed by atoms with E-state index in [1.54, 1.807) is 24.5 Å². The van der Waals surface area contributed by atoms with Crippen molar-refractivity contribution in [2.45, 2.75) is 6.54 Å². The van der Waals surface area contributed by atoms with E-state index in [0.29, 0.717) is 11.6 Å². The van der Waals surface area contributed by atoms with Gasteiger partial charge in [-0.25, -0.2) is 0 Å². The zero-order chi connectivity index (χ0) is 13.5. The van der Waals surface area contributed by atoms with E-state index in [2.05, 4.69) is 10.3 Å². The van der Waals surface area contributed by atoms with Gasteiger partial charge in [0.15, 0.2) is 0 Å². The molecule has 0 aliphatic heterocycles. The Hall–Kier alpha value is -2.13. The molecule has 0 radical (unpaired) electrons. The summed E-state index contributed by atoms with van der Waals surface area (Å²) in [4.78, 5) is 15.6. The van der Waals surface area contributed by atoms with E-state index < -0.39 is 0 Å². The van der Waals surface area contributed by atoms with Crippen LogP contribution in [0.3, 0.4) is 0 Å². The van der Waals surface area contributed by atoms with Crippen molar-refractivity contribution >= 4 is 23.6 Å². The predicted molar refractivity (Wildman–Crippen MR) is 76.6 cm³/mol. The third-order valence-electron chi connectivity index (χ3n) is 2.47. The number of nitrogens with zero attached hydrogens (tertiary/aromatic N) is 1. The van der Waals surface area contributed by atoms with Crippen molar-refractivity contribution in [3.63, 3.8) is 0 Å². The summed E-state index contributed by atoms with van der Waals surface area (Å²) in [6.07, 6.45) is 6.60. The highest BCUT2D eigenvalue weighted by Crippen LogP contribution is 2.10. The van der Waals surface area contributed by atoms with E-state index in [1.165, 1.54) is 6.08 Å². The van der Waals surface area contributed by atoms with Crippen LogP contribution in [0, 0.1) is 0 Å². The van der Waals surface area contributed by atoms with Crippen molar-refractivity contribution in [1.82, 2.24) is 10.3 Å². The minimum absolute atomic E-state index is 0.149. The van der Waals surface area contributed by atoms with Gasteiger partial charge in [0.25, 0.3) is 0 Å². The molecule has 19 heavy (non-hydrogen) atoms. The van der Waals surface area contributed by atoms with Gasteiger partial charge in [0, 0.05) is 30.0 Å². The standard InChI is InChI=1S/C15H13ClN2O/c16-14-5-1-3-13(9-14)11-18-15(19)7-6-12-4-2-8-17-10-12/h1-10H,11H2,(H,18,19). The average molecular weight is 273 g/mol. The molecule has 1 amide bonds. The van der Waals surface area contributed by atoms with Gasteiger partial charge in [-0.1, -0.05) is 29.8 Å². The highest BCUT2D eigenvalue weighted by molar-refractivity contribution is 6.30. The van der Waals surface area contributed by atoms with E-state index in [0.717, 1.165) is 11.1 Å². The van der Waals surface area contributed by atoms with Crippen molar-refractivity contribution in [2.24, 2.45) is 0 Å². The van der Waals surface area contributed by atoms with Crippen LogP contribution < -0.4 is 5.32 Å². The molecule has 0 unspecified atom stereocenters. The molecule has 0 aliphatic carbocycles. The molecule has 0 aliphatic rings. The maximum atomic E-state index is 11.6. The first kappa shape index (κ1) is 13.3. The van der Waals surface area contributed by atoms with Crippen molar-refractivity contribution in [3.8, 4) is 0 Å². The Kier molecular flexibility index (Phi) is 4.70. The lowest BCUT2D eigenvalue weighted by molar-refractivity contribution is -0.116. The second-order valence-electron chi connectivity index (χ2n) is 3.97. The van der Waals surface area contributed by atoms with E-state index >= 15 is 0 Å². The number of aromatic nitrogens is 1. The van der Waals surface area contributed by atoms with Crippen LogP contribution in [0.1, 0.15) is 11.1 Å². The van der Waals surface area contributed by atoms with Crippen LogP contribution in [0.2, 0.25) is 5.02 Å². The Morgan fingerprint density at radius 1 is 1.32 bits per heavy atom. The predicted octanol–water partition coefficient (Wildman–Crippen LogP) is 3.06. The maximum absolute atomic E-state index is 11.6. The van der Waals surface area contributed by atoms with Gasteiger partial charge in [-0.3, -0.25) is 9.78 Å². The monoisotopic (exact) mass is 272 g/mol. The van der Waals surface area contributed by atoms with Crippen molar-refractivity contribution in [1.29, 1.82) is 0 Å². The Morgan fingerprint density at radius 2 is 2.21 bits per heavy atom. The van der Waals surface area contributed by atoms with Crippen LogP contribution in [-0.2, 0) is 11.3 Å². The number of hydrogen-bond acceptors (Lipinski definition) is 2. The number of benzene rings is 1. The highest BCUT2D eigenvalue weighted by Gasteiger charge is 1.97. The third kappa shape index (κ3) is 4.56. The van der Waals surface area contributed by atoms with Gasteiger partial charge in [-0.2, -0.15) is 0 Å². The molecule has 0 atom stereocenters. The topological polar surface area (TPSA) is 42.0 Å². The molecule has 2 aromatic rings. The molecular formula is C15H13ClN2O. The molecule has 96 valence electrons. The van der Waals surface area contributed by atoms with Gasteiger partial charge >= 0.3 is 0 Å². The number of hydrogen-bond donors (Lipinski definition) is 1. The van der Waals surface area contributed by atoms with Crippen LogP contribution in [0.25, 0.3) is 6.08 Å². The van der Waals surface area contributed by atoms with Crippen molar-refractivity contribution < 1.29 is 4.79 Å². The van der Waals surface area contributed by atoms with Crippen LogP contribution in [0.15, 0.2) is 54.9 Å².